The summed E-state index contributed by atoms with van der Waals surface area (Å²) in [6.07, 6.45) is 0.781. The minimum absolute atomic E-state index is 0.396. The van der Waals surface area contributed by atoms with E-state index in [1.54, 1.807) is 66.7 Å². The zero-order valence-corrected chi connectivity index (χ0v) is 14.0. The van der Waals surface area contributed by atoms with Crippen LogP contribution in [0.4, 0.5) is 0 Å². The topological polar surface area (TPSA) is 61.8 Å². The first-order valence-electron chi connectivity index (χ1n) is 7.87. The van der Waals surface area contributed by atoms with Crippen LogP contribution in [0.5, 0.6) is 23.0 Å². The average Bonchev–Trinajstić information content (AvgIpc) is 2.69. The van der Waals surface area contributed by atoms with E-state index in [-0.39, 0.29) is 0 Å². The van der Waals surface area contributed by atoms with Crippen LogP contribution >= 0.6 is 0 Å². The smallest absolute Gasteiger partial charge is 0.337 e. The summed E-state index contributed by atoms with van der Waals surface area (Å²) in [5.41, 5.74) is 1.04. The molecule has 0 radical (unpaired) electrons. The lowest BCUT2D eigenvalue weighted by Crippen LogP contribution is -2.00. The summed E-state index contributed by atoms with van der Waals surface area (Å²) in [7, 11) is 1.34. The third-order valence-electron chi connectivity index (χ3n) is 3.57. The predicted octanol–water partition coefficient (Wildman–Crippen LogP) is 4.87. The van der Waals surface area contributed by atoms with Gasteiger partial charge in [0.1, 0.15) is 29.3 Å². The van der Waals surface area contributed by atoms with Crippen LogP contribution in [0.15, 0.2) is 72.8 Å². The number of hydrogen-bond donors (Lipinski definition) is 0. The first-order chi connectivity index (χ1) is 12.7. The van der Waals surface area contributed by atoms with Gasteiger partial charge in [0.05, 0.1) is 12.7 Å². The standard InChI is InChI=1S/C21H16O5/c1-24-21(23)16-7-11-18(12-8-16)26-20-4-2-3-19(13-20)25-17-9-5-15(14-22)6-10-17/h2-14H,1H3. The Morgan fingerprint density at radius 1 is 0.769 bits per heavy atom. The van der Waals surface area contributed by atoms with Gasteiger partial charge in [0, 0.05) is 11.6 Å². The first kappa shape index (κ1) is 17.2. The number of carbonyl (C=O) groups excluding carboxylic acids is 2. The quantitative estimate of drug-likeness (QED) is 0.470. The fourth-order valence-corrected chi connectivity index (χ4v) is 2.26. The molecule has 0 aliphatic carbocycles. The lowest BCUT2D eigenvalue weighted by Gasteiger charge is -2.09. The molecule has 0 saturated heterocycles. The normalized spacial score (nSPS) is 10.0. The van der Waals surface area contributed by atoms with Gasteiger partial charge >= 0.3 is 5.97 Å². The summed E-state index contributed by atoms with van der Waals surface area (Å²) < 4.78 is 16.2. The summed E-state index contributed by atoms with van der Waals surface area (Å²) in [5, 5.41) is 0. The second kappa shape index (κ2) is 7.98. The molecule has 0 bridgehead atoms. The molecular weight excluding hydrogens is 332 g/mol. The van der Waals surface area contributed by atoms with Crippen molar-refractivity contribution in [1.29, 1.82) is 0 Å². The summed E-state index contributed by atoms with van der Waals surface area (Å²) in [6, 6.07) is 20.7. The molecule has 5 nitrogen and oxygen atoms in total. The third-order valence-corrected chi connectivity index (χ3v) is 3.57. The van der Waals surface area contributed by atoms with Crippen molar-refractivity contribution >= 4 is 12.3 Å². The lowest BCUT2D eigenvalue weighted by molar-refractivity contribution is 0.0600. The van der Waals surface area contributed by atoms with Crippen molar-refractivity contribution in [1.82, 2.24) is 0 Å². The molecule has 5 heteroatoms. The molecule has 0 amide bonds. The highest BCUT2D eigenvalue weighted by atomic mass is 16.5. The largest absolute Gasteiger partial charge is 0.465 e. The van der Waals surface area contributed by atoms with E-state index >= 15 is 0 Å². The van der Waals surface area contributed by atoms with Crippen molar-refractivity contribution < 1.29 is 23.8 Å². The van der Waals surface area contributed by atoms with E-state index in [2.05, 4.69) is 4.74 Å². The van der Waals surface area contributed by atoms with Gasteiger partial charge in [-0.05, 0) is 60.7 Å². The lowest BCUT2D eigenvalue weighted by atomic mass is 10.2. The van der Waals surface area contributed by atoms with E-state index in [9.17, 15) is 9.59 Å². The van der Waals surface area contributed by atoms with Crippen LogP contribution in [-0.4, -0.2) is 19.4 Å². The van der Waals surface area contributed by atoms with Crippen molar-refractivity contribution in [3.05, 3.63) is 83.9 Å². The highest BCUT2D eigenvalue weighted by Gasteiger charge is 2.06. The molecule has 0 atom stereocenters. The number of methoxy groups -OCH3 is 1. The van der Waals surface area contributed by atoms with Crippen molar-refractivity contribution in [3.63, 3.8) is 0 Å². The van der Waals surface area contributed by atoms with Crippen LogP contribution in [0.2, 0.25) is 0 Å². The first-order valence-corrected chi connectivity index (χ1v) is 7.87. The van der Waals surface area contributed by atoms with Gasteiger partial charge in [-0.25, -0.2) is 4.79 Å². The molecular formula is C21H16O5. The van der Waals surface area contributed by atoms with Gasteiger partial charge in [-0.3, -0.25) is 4.79 Å². The molecule has 26 heavy (non-hydrogen) atoms. The van der Waals surface area contributed by atoms with Gasteiger partial charge in [-0.15, -0.1) is 0 Å². The Bertz CT molecular complexity index is 898. The molecule has 0 aliphatic heterocycles. The zero-order valence-electron chi connectivity index (χ0n) is 14.0. The highest BCUT2D eigenvalue weighted by molar-refractivity contribution is 5.89. The van der Waals surface area contributed by atoms with Gasteiger partial charge < -0.3 is 14.2 Å². The predicted molar refractivity (Wildman–Crippen MR) is 96.2 cm³/mol. The number of aldehydes is 1. The van der Waals surface area contributed by atoms with Crippen LogP contribution in [-0.2, 0) is 4.74 Å². The maximum absolute atomic E-state index is 11.4. The Morgan fingerprint density at radius 3 is 1.81 bits per heavy atom. The van der Waals surface area contributed by atoms with E-state index in [4.69, 9.17) is 9.47 Å². The molecule has 3 aromatic carbocycles. The Balaban J connectivity index is 1.70. The number of rotatable bonds is 6. The molecule has 0 unspecified atom stereocenters. The molecule has 0 N–H and O–H groups in total. The average molecular weight is 348 g/mol. The molecule has 0 aliphatic rings. The third kappa shape index (κ3) is 4.27. The van der Waals surface area contributed by atoms with Gasteiger partial charge in [0.2, 0.25) is 0 Å². The van der Waals surface area contributed by atoms with E-state index in [0.717, 1.165) is 6.29 Å². The zero-order chi connectivity index (χ0) is 18.4. The molecule has 0 spiro atoms. The molecule has 0 saturated carbocycles. The van der Waals surface area contributed by atoms with Gasteiger partial charge in [-0.1, -0.05) is 6.07 Å². The van der Waals surface area contributed by atoms with Crippen LogP contribution in [0.1, 0.15) is 20.7 Å². The summed E-state index contributed by atoms with van der Waals surface area (Å²) >= 11 is 0. The van der Waals surface area contributed by atoms with Crippen molar-refractivity contribution in [3.8, 4) is 23.0 Å². The van der Waals surface area contributed by atoms with E-state index in [1.165, 1.54) is 7.11 Å². The van der Waals surface area contributed by atoms with Crippen LogP contribution in [0, 0.1) is 0 Å². The molecule has 3 aromatic rings. The maximum atomic E-state index is 11.4. The number of carbonyl (C=O) groups is 2. The Hall–Kier alpha value is -3.60. The van der Waals surface area contributed by atoms with Crippen molar-refractivity contribution in [2.24, 2.45) is 0 Å². The van der Waals surface area contributed by atoms with E-state index < -0.39 is 5.97 Å². The fraction of sp³-hybridized carbons (Fsp3) is 0.0476. The fourth-order valence-electron chi connectivity index (χ4n) is 2.26. The minimum atomic E-state index is -0.396. The molecule has 0 fully saturated rings. The highest BCUT2D eigenvalue weighted by Crippen LogP contribution is 2.28. The maximum Gasteiger partial charge on any atom is 0.337 e. The van der Waals surface area contributed by atoms with Crippen molar-refractivity contribution in [2.45, 2.75) is 0 Å². The Morgan fingerprint density at radius 2 is 1.31 bits per heavy atom. The van der Waals surface area contributed by atoms with Gasteiger partial charge in [0.15, 0.2) is 0 Å². The summed E-state index contributed by atoms with van der Waals surface area (Å²) in [5.74, 6) is 2.01. The van der Waals surface area contributed by atoms with E-state index in [0.29, 0.717) is 34.1 Å². The monoisotopic (exact) mass is 348 g/mol. The van der Waals surface area contributed by atoms with Gasteiger partial charge in [-0.2, -0.15) is 0 Å². The number of esters is 1. The van der Waals surface area contributed by atoms with Crippen molar-refractivity contribution in [2.75, 3.05) is 7.11 Å². The molecule has 3 rings (SSSR count). The number of benzene rings is 3. The SMILES string of the molecule is COC(=O)c1ccc(Oc2cccc(Oc3ccc(C=O)cc3)c2)cc1. The Kier molecular flexibility index (Phi) is 5.29. The van der Waals surface area contributed by atoms with E-state index in [1.807, 2.05) is 6.07 Å². The minimum Gasteiger partial charge on any atom is -0.465 e. The molecule has 130 valence electrons. The summed E-state index contributed by atoms with van der Waals surface area (Å²) in [4.78, 5) is 22.1. The second-order valence-corrected chi connectivity index (χ2v) is 5.38. The van der Waals surface area contributed by atoms with Crippen LogP contribution in [0.25, 0.3) is 0 Å². The number of ether oxygens (including phenoxy) is 3. The van der Waals surface area contributed by atoms with Crippen LogP contribution < -0.4 is 9.47 Å². The van der Waals surface area contributed by atoms with Crippen LogP contribution in [0.3, 0.4) is 0 Å². The number of hydrogen-bond acceptors (Lipinski definition) is 5. The molecule has 0 aromatic heterocycles. The van der Waals surface area contributed by atoms with Gasteiger partial charge in [0.25, 0.3) is 0 Å². The molecule has 0 heterocycles. The summed E-state index contributed by atoms with van der Waals surface area (Å²) in [6.45, 7) is 0. The Labute approximate surface area is 150 Å². The second-order valence-electron chi connectivity index (χ2n) is 5.38.